The van der Waals surface area contributed by atoms with Gasteiger partial charge in [-0.25, -0.2) is 14.8 Å². The van der Waals surface area contributed by atoms with Crippen LogP contribution in [0.5, 0.6) is 5.75 Å². The number of aliphatic imine (C=N–C) groups is 2. The van der Waals surface area contributed by atoms with Gasteiger partial charge in [0.05, 0.1) is 24.8 Å². The van der Waals surface area contributed by atoms with E-state index in [-0.39, 0.29) is 42.5 Å². The number of benzene rings is 2. The van der Waals surface area contributed by atoms with Crippen LogP contribution in [-0.4, -0.2) is 106 Å². The summed E-state index contributed by atoms with van der Waals surface area (Å²) in [5.74, 6) is -3.47. The third-order valence-electron chi connectivity index (χ3n) is 9.56. The molecule has 15 heteroatoms. The fourth-order valence-electron chi connectivity index (χ4n) is 7.14. The van der Waals surface area contributed by atoms with Crippen LogP contribution in [0.25, 0.3) is 0 Å². The van der Waals surface area contributed by atoms with Crippen LogP contribution in [0.1, 0.15) is 36.2 Å². The first-order valence-corrected chi connectivity index (χ1v) is 14.8. The molecule has 2 aromatic carbocycles. The molecule has 8 N–H and O–H groups in total. The first-order chi connectivity index (χ1) is 21.3. The normalized spacial score (nSPS) is 29.2. The zero-order chi connectivity index (χ0) is 31.9. The average Bonchev–Trinajstić information content (AvgIpc) is 3.58. The number of amides is 4. The number of ether oxygens (including phenoxy) is 1. The smallest absolute Gasteiger partial charge is 0.331 e. The Morgan fingerprint density at radius 3 is 2.62 bits per heavy atom. The van der Waals surface area contributed by atoms with Crippen molar-refractivity contribution >= 4 is 35.5 Å². The van der Waals surface area contributed by atoms with E-state index in [4.69, 9.17) is 16.2 Å². The highest BCUT2D eigenvalue weighted by Crippen LogP contribution is 2.46. The van der Waals surface area contributed by atoms with Crippen LogP contribution in [0.15, 0.2) is 58.5 Å². The van der Waals surface area contributed by atoms with E-state index in [1.54, 1.807) is 42.5 Å². The lowest BCUT2D eigenvalue weighted by Crippen LogP contribution is -2.78. The van der Waals surface area contributed by atoms with E-state index >= 15 is 0 Å². The van der Waals surface area contributed by atoms with Crippen LogP contribution in [0.4, 0.5) is 10.5 Å². The van der Waals surface area contributed by atoms with Gasteiger partial charge in [-0.05, 0) is 30.0 Å². The summed E-state index contributed by atoms with van der Waals surface area (Å²) in [5, 5.41) is 29.3. The van der Waals surface area contributed by atoms with Crippen molar-refractivity contribution in [1.82, 2.24) is 20.4 Å². The molecule has 0 radical (unpaired) electrons. The Bertz CT molecular complexity index is 1660. The summed E-state index contributed by atoms with van der Waals surface area (Å²) in [6, 6.07) is 10.2. The third kappa shape index (κ3) is 4.14. The monoisotopic (exact) mass is 617 g/mol. The number of rotatable bonds is 5. The Kier molecular flexibility index (Phi) is 6.29. The Morgan fingerprint density at radius 2 is 1.87 bits per heavy atom. The number of anilines is 1. The zero-order valence-corrected chi connectivity index (χ0v) is 24.8. The molecule has 45 heavy (non-hydrogen) atoms. The Balaban J connectivity index is 1.17. The maximum atomic E-state index is 13.7. The van der Waals surface area contributed by atoms with E-state index in [1.807, 2.05) is 6.07 Å². The molecule has 15 nitrogen and oxygen atoms in total. The summed E-state index contributed by atoms with van der Waals surface area (Å²) in [5.41, 5.74) is 12.2. The molecule has 1 spiro atoms. The number of aliphatic hydroxyl groups is 2. The number of imide groups is 1. The fourth-order valence-corrected chi connectivity index (χ4v) is 7.14. The van der Waals surface area contributed by atoms with Gasteiger partial charge >= 0.3 is 6.03 Å². The number of para-hydroxylation sites is 2. The molecule has 5 aliphatic heterocycles. The lowest BCUT2D eigenvalue weighted by atomic mass is 9.79. The minimum absolute atomic E-state index is 0.0981. The summed E-state index contributed by atoms with van der Waals surface area (Å²) in [7, 11) is 0. The van der Waals surface area contributed by atoms with Crippen LogP contribution >= 0.6 is 0 Å². The molecule has 2 fully saturated rings. The number of carbonyl (C=O) groups excluding carboxylic acids is 3. The minimum atomic E-state index is -2.69. The third-order valence-corrected chi connectivity index (χ3v) is 9.56. The first-order valence-electron chi connectivity index (χ1n) is 14.8. The van der Waals surface area contributed by atoms with Gasteiger partial charge in [0.15, 0.2) is 17.6 Å². The van der Waals surface area contributed by atoms with Crippen molar-refractivity contribution < 1.29 is 29.3 Å². The maximum absolute atomic E-state index is 13.7. The second-order valence-corrected chi connectivity index (χ2v) is 12.6. The number of hydrogen-bond donors (Lipinski definition) is 6. The SMILES string of the molecule is CC1(C)CCOc2c(C(=O)NC3CN4C(N)=N[C@@H](CN5C(=O)CN(c6ccccc6)C5=O)[C@@H]5N=C(N)NC54C3(O)O)cccc21. The van der Waals surface area contributed by atoms with Gasteiger partial charge in [-0.1, -0.05) is 44.2 Å². The van der Waals surface area contributed by atoms with Crippen molar-refractivity contribution in [3.63, 3.8) is 0 Å². The second-order valence-electron chi connectivity index (χ2n) is 12.6. The van der Waals surface area contributed by atoms with Crippen molar-refractivity contribution in [2.24, 2.45) is 21.5 Å². The number of nitrogens with zero attached hydrogens (tertiary/aromatic N) is 5. The number of fused-ring (bicyclic) bond motifs is 1. The van der Waals surface area contributed by atoms with Crippen molar-refractivity contribution in [1.29, 1.82) is 0 Å². The molecule has 2 unspecified atom stereocenters. The van der Waals surface area contributed by atoms with Crippen LogP contribution in [-0.2, 0) is 10.2 Å². The van der Waals surface area contributed by atoms with Crippen LogP contribution in [0.2, 0.25) is 0 Å². The Hall–Kier alpha value is -4.89. The molecule has 0 saturated carbocycles. The molecule has 5 aliphatic rings. The molecule has 7 rings (SSSR count). The van der Waals surface area contributed by atoms with Gasteiger partial charge in [0.1, 0.15) is 24.4 Å². The summed E-state index contributed by atoms with van der Waals surface area (Å²) >= 11 is 0. The quantitative estimate of drug-likeness (QED) is 0.178. The summed E-state index contributed by atoms with van der Waals surface area (Å²) in [4.78, 5) is 52.8. The van der Waals surface area contributed by atoms with E-state index in [0.717, 1.165) is 16.9 Å². The Labute approximate surface area is 258 Å². The lowest BCUT2D eigenvalue weighted by molar-refractivity contribution is -0.230. The highest BCUT2D eigenvalue weighted by Gasteiger charge is 2.73. The van der Waals surface area contributed by atoms with Gasteiger partial charge in [-0.3, -0.25) is 19.4 Å². The number of carbonyl (C=O) groups is 3. The summed E-state index contributed by atoms with van der Waals surface area (Å²) in [6.45, 7) is 4.04. The predicted molar refractivity (Wildman–Crippen MR) is 162 cm³/mol. The average molecular weight is 618 g/mol. The number of nitrogens with two attached hydrogens (primary N) is 2. The molecular weight excluding hydrogens is 582 g/mol. The number of urea groups is 1. The largest absolute Gasteiger partial charge is 0.492 e. The molecule has 2 saturated heterocycles. The molecule has 0 aliphatic carbocycles. The fraction of sp³-hybridized carbons (Fsp3) is 0.433. The van der Waals surface area contributed by atoms with Crippen molar-refractivity contribution in [2.75, 3.05) is 31.1 Å². The van der Waals surface area contributed by atoms with Gasteiger partial charge in [0, 0.05) is 17.8 Å². The topological polar surface area (TPSA) is 211 Å². The van der Waals surface area contributed by atoms with E-state index in [1.165, 1.54) is 9.80 Å². The van der Waals surface area contributed by atoms with E-state index in [0.29, 0.717) is 18.0 Å². The molecular formula is C30H35N9O6. The predicted octanol–water partition coefficient (Wildman–Crippen LogP) is -1.01. The van der Waals surface area contributed by atoms with Gasteiger partial charge in [-0.2, -0.15) is 0 Å². The molecule has 0 bridgehead atoms. The summed E-state index contributed by atoms with van der Waals surface area (Å²) in [6.07, 6.45) is 0.786. The molecule has 4 amide bonds. The lowest BCUT2D eigenvalue weighted by Gasteiger charge is -2.49. The Morgan fingerprint density at radius 1 is 1.11 bits per heavy atom. The van der Waals surface area contributed by atoms with Crippen LogP contribution < -0.4 is 31.7 Å². The van der Waals surface area contributed by atoms with Crippen molar-refractivity contribution in [3.8, 4) is 5.75 Å². The maximum Gasteiger partial charge on any atom is 0.331 e. The van der Waals surface area contributed by atoms with Crippen LogP contribution in [0, 0.1) is 0 Å². The molecule has 2 aromatic rings. The van der Waals surface area contributed by atoms with E-state index in [9.17, 15) is 24.6 Å². The van der Waals surface area contributed by atoms with Gasteiger partial charge < -0.3 is 42.0 Å². The highest BCUT2D eigenvalue weighted by molar-refractivity contribution is 6.12. The number of guanidine groups is 2. The second kappa shape index (κ2) is 9.81. The van der Waals surface area contributed by atoms with Crippen molar-refractivity contribution in [3.05, 3.63) is 59.7 Å². The first kappa shape index (κ1) is 28.9. The van der Waals surface area contributed by atoms with Crippen LogP contribution in [0.3, 0.4) is 0 Å². The number of hydrogen-bond acceptors (Lipinski definition) is 12. The highest BCUT2D eigenvalue weighted by atomic mass is 16.5. The molecule has 4 atom stereocenters. The molecule has 0 aromatic heterocycles. The minimum Gasteiger partial charge on any atom is -0.492 e. The molecule has 236 valence electrons. The molecule has 5 heterocycles. The van der Waals surface area contributed by atoms with E-state index in [2.05, 4.69) is 34.5 Å². The van der Waals surface area contributed by atoms with Crippen molar-refractivity contribution in [2.45, 2.75) is 55.3 Å². The van der Waals surface area contributed by atoms with Gasteiger partial charge in [-0.15, -0.1) is 0 Å². The standard InChI is InChI=1S/C30H35N9O6/c1-28(2)11-12-45-22-17(9-6-10-18(22)28)24(41)34-20-14-39-26(32)33-19(23-29(39,30(20,43)44)36-25(31)35-23)13-38-21(40)15-37(27(38)42)16-7-4-3-5-8-16/h3-10,19-20,23,43-44H,11-15H2,1-2H3,(H2,32,33)(H,34,41)(H3,31,35,36)/t19-,20?,23-,29?/m0/s1. The number of nitrogens with one attached hydrogen (secondary N) is 2. The van der Waals surface area contributed by atoms with Gasteiger partial charge in [0.2, 0.25) is 5.79 Å². The zero-order valence-electron chi connectivity index (χ0n) is 24.8. The van der Waals surface area contributed by atoms with Gasteiger partial charge in [0.25, 0.3) is 11.8 Å². The van der Waals surface area contributed by atoms with E-state index < -0.39 is 47.4 Å². The summed E-state index contributed by atoms with van der Waals surface area (Å²) < 4.78 is 5.91.